The molecular formula is C12H23NO4. The molecule has 0 aliphatic heterocycles. The Hall–Kier alpha value is -1.26. The van der Waals surface area contributed by atoms with Crippen LogP contribution in [0.3, 0.4) is 0 Å². The summed E-state index contributed by atoms with van der Waals surface area (Å²) in [7, 11) is 0. The first-order valence-electron chi connectivity index (χ1n) is 5.98. The highest BCUT2D eigenvalue weighted by Crippen LogP contribution is 2.05. The monoisotopic (exact) mass is 245 g/mol. The van der Waals surface area contributed by atoms with Crippen molar-refractivity contribution < 1.29 is 19.1 Å². The van der Waals surface area contributed by atoms with E-state index in [0.29, 0.717) is 13.2 Å². The van der Waals surface area contributed by atoms with Gasteiger partial charge >= 0.3 is 12.1 Å². The number of amides is 1. The molecule has 0 heterocycles. The lowest BCUT2D eigenvalue weighted by atomic mass is 10.1. The lowest BCUT2D eigenvalue weighted by Gasteiger charge is -2.20. The van der Waals surface area contributed by atoms with E-state index < -0.39 is 18.1 Å². The summed E-state index contributed by atoms with van der Waals surface area (Å²) in [6, 6.07) is -0.658. The quantitative estimate of drug-likeness (QED) is 0.726. The van der Waals surface area contributed by atoms with Crippen molar-refractivity contribution in [3.8, 4) is 0 Å². The summed E-state index contributed by atoms with van der Waals surface area (Å²) in [6.45, 7) is 9.92. The number of carbonyl (C=O) groups is 2. The van der Waals surface area contributed by atoms with Crippen molar-refractivity contribution >= 4 is 12.1 Å². The SMILES string of the molecule is CCOC(=O)C(NC(=O)OCC(C)C)C(C)C. The summed E-state index contributed by atoms with van der Waals surface area (Å²) in [5, 5.41) is 2.52. The van der Waals surface area contributed by atoms with Crippen LogP contribution >= 0.6 is 0 Å². The Morgan fingerprint density at radius 1 is 1.12 bits per heavy atom. The van der Waals surface area contributed by atoms with Crippen molar-refractivity contribution in [2.75, 3.05) is 13.2 Å². The number of hydrogen-bond donors (Lipinski definition) is 1. The van der Waals surface area contributed by atoms with Gasteiger partial charge in [0.15, 0.2) is 0 Å². The molecule has 0 bridgehead atoms. The van der Waals surface area contributed by atoms with Gasteiger partial charge in [-0.2, -0.15) is 0 Å². The molecule has 0 rings (SSSR count). The van der Waals surface area contributed by atoms with Crippen LogP contribution in [0.4, 0.5) is 4.79 Å². The van der Waals surface area contributed by atoms with Crippen LogP contribution in [0.25, 0.3) is 0 Å². The second kappa shape index (κ2) is 7.92. The van der Waals surface area contributed by atoms with Gasteiger partial charge in [-0.25, -0.2) is 9.59 Å². The fourth-order valence-electron chi connectivity index (χ4n) is 1.14. The molecule has 0 saturated carbocycles. The van der Waals surface area contributed by atoms with Gasteiger partial charge in [-0.05, 0) is 18.8 Å². The third kappa shape index (κ3) is 6.81. The minimum Gasteiger partial charge on any atom is -0.464 e. The molecule has 0 fully saturated rings. The van der Waals surface area contributed by atoms with Crippen molar-refractivity contribution in [1.29, 1.82) is 0 Å². The molecule has 5 nitrogen and oxygen atoms in total. The van der Waals surface area contributed by atoms with Gasteiger partial charge in [0.25, 0.3) is 0 Å². The van der Waals surface area contributed by atoms with Crippen LogP contribution in [0.15, 0.2) is 0 Å². The number of nitrogens with one attached hydrogen (secondary N) is 1. The zero-order valence-corrected chi connectivity index (χ0v) is 11.3. The Kier molecular flexibility index (Phi) is 7.34. The Bertz CT molecular complexity index is 251. The van der Waals surface area contributed by atoms with E-state index in [0.717, 1.165) is 0 Å². The van der Waals surface area contributed by atoms with Gasteiger partial charge in [0.2, 0.25) is 0 Å². The second-order valence-corrected chi connectivity index (χ2v) is 4.61. The van der Waals surface area contributed by atoms with Crippen molar-refractivity contribution in [1.82, 2.24) is 5.32 Å². The average Bonchev–Trinajstić information content (AvgIpc) is 2.22. The Morgan fingerprint density at radius 2 is 1.71 bits per heavy atom. The van der Waals surface area contributed by atoms with Crippen LogP contribution in [0, 0.1) is 11.8 Å². The molecular weight excluding hydrogens is 222 g/mol. The molecule has 0 saturated heterocycles. The molecule has 100 valence electrons. The van der Waals surface area contributed by atoms with E-state index in [1.165, 1.54) is 0 Å². The largest absolute Gasteiger partial charge is 0.464 e. The topological polar surface area (TPSA) is 64.6 Å². The zero-order valence-electron chi connectivity index (χ0n) is 11.3. The number of alkyl carbamates (subject to hydrolysis) is 1. The van der Waals surface area contributed by atoms with E-state index in [1.54, 1.807) is 6.92 Å². The van der Waals surface area contributed by atoms with E-state index in [4.69, 9.17) is 9.47 Å². The lowest BCUT2D eigenvalue weighted by Crippen LogP contribution is -2.45. The molecule has 0 aromatic heterocycles. The van der Waals surface area contributed by atoms with Crippen molar-refractivity contribution in [3.05, 3.63) is 0 Å². The third-order valence-electron chi connectivity index (χ3n) is 2.03. The van der Waals surface area contributed by atoms with Gasteiger partial charge in [-0.1, -0.05) is 27.7 Å². The van der Waals surface area contributed by atoms with Gasteiger partial charge in [0, 0.05) is 0 Å². The van der Waals surface area contributed by atoms with Gasteiger partial charge < -0.3 is 14.8 Å². The van der Waals surface area contributed by atoms with Gasteiger partial charge in [-0.15, -0.1) is 0 Å². The molecule has 0 spiro atoms. The van der Waals surface area contributed by atoms with E-state index in [2.05, 4.69) is 5.32 Å². The van der Waals surface area contributed by atoms with E-state index in [1.807, 2.05) is 27.7 Å². The molecule has 0 aromatic carbocycles. The maximum Gasteiger partial charge on any atom is 0.407 e. The first-order valence-corrected chi connectivity index (χ1v) is 5.98. The van der Waals surface area contributed by atoms with Crippen LogP contribution in [-0.4, -0.2) is 31.3 Å². The summed E-state index contributed by atoms with van der Waals surface area (Å²) in [6.07, 6.45) is -0.578. The fraction of sp³-hybridized carbons (Fsp3) is 0.833. The molecule has 1 amide bonds. The van der Waals surface area contributed by atoms with E-state index >= 15 is 0 Å². The Morgan fingerprint density at radius 3 is 2.12 bits per heavy atom. The molecule has 1 unspecified atom stereocenters. The first kappa shape index (κ1) is 15.7. The predicted molar refractivity (Wildman–Crippen MR) is 64.6 cm³/mol. The maximum atomic E-state index is 11.6. The fourth-order valence-corrected chi connectivity index (χ4v) is 1.14. The molecule has 1 N–H and O–H groups in total. The predicted octanol–water partition coefficient (Wildman–Crippen LogP) is 1.96. The summed E-state index contributed by atoms with van der Waals surface area (Å²) < 4.78 is 9.84. The number of hydrogen-bond acceptors (Lipinski definition) is 4. The van der Waals surface area contributed by atoms with Crippen LogP contribution < -0.4 is 5.32 Å². The number of ether oxygens (including phenoxy) is 2. The van der Waals surface area contributed by atoms with Gasteiger partial charge in [0.05, 0.1) is 13.2 Å². The standard InChI is InChI=1S/C12H23NO4/c1-6-16-11(14)10(9(4)5)13-12(15)17-7-8(2)3/h8-10H,6-7H2,1-5H3,(H,13,15). The summed E-state index contributed by atoms with van der Waals surface area (Å²) in [5.74, 6) is -0.203. The summed E-state index contributed by atoms with van der Waals surface area (Å²) >= 11 is 0. The van der Waals surface area contributed by atoms with Crippen LogP contribution in [0.1, 0.15) is 34.6 Å². The summed E-state index contributed by atoms with van der Waals surface area (Å²) in [5.41, 5.74) is 0. The van der Waals surface area contributed by atoms with Crippen LogP contribution in [0.5, 0.6) is 0 Å². The van der Waals surface area contributed by atoms with Crippen LogP contribution in [0.2, 0.25) is 0 Å². The Labute approximate surface area is 103 Å². The molecule has 0 aromatic rings. The normalized spacial score (nSPS) is 12.4. The second-order valence-electron chi connectivity index (χ2n) is 4.61. The number of carbonyl (C=O) groups excluding carboxylic acids is 2. The third-order valence-corrected chi connectivity index (χ3v) is 2.03. The van der Waals surface area contributed by atoms with E-state index in [-0.39, 0.29) is 11.8 Å². The molecule has 0 radical (unpaired) electrons. The van der Waals surface area contributed by atoms with Gasteiger partial charge in [-0.3, -0.25) is 0 Å². The average molecular weight is 245 g/mol. The molecule has 5 heteroatoms. The highest BCUT2D eigenvalue weighted by molar-refractivity contribution is 5.81. The lowest BCUT2D eigenvalue weighted by molar-refractivity contribution is -0.146. The molecule has 17 heavy (non-hydrogen) atoms. The first-order chi connectivity index (χ1) is 7.88. The van der Waals surface area contributed by atoms with Crippen LogP contribution in [-0.2, 0) is 14.3 Å². The maximum absolute atomic E-state index is 11.6. The van der Waals surface area contributed by atoms with Crippen molar-refractivity contribution in [2.45, 2.75) is 40.7 Å². The highest BCUT2D eigenvalue weighted by Gasteiger charge is 2.25. The molecule has 0 aliphatic carbocycles. The smallest absolute Gasteiger partial charge is 0.407 e. The Balaban J connectivity index is 4.25. The number of esters is 1. The minimum atomic E-state index is -0.658. The highest BCUT2D eigenvalue weighted by atomic mass is 16.6. The van der Waals surface area contributed by atoms with Crippen molar-refractivity contribution in [2.24, 2.45) is 11.8 Å². The zero-order chi connectivity index (χ0) is 13.4. The number of rotatable bonds is 6. The summed E-state index contributed by atoms with van der Waals surface area (Å²) in [4.78, 5) is 23.0. The van der Waals surface area contributed by atoms with E-state index in [9.17, 15) is 9.59 Å². The minimum absolute atomic E-state index is 0.0411. The van der Waals surface area contributed by atoms with Crippen molar-refractivity contribution in [3.63, 3.8) is 0 Å². The molecule has 0 aliphatic rings. The molecule has 1 atom stereocenters. The van der Waals surface area contributed by atoms with Gasteiger partial charge in [0.1, 0.15) is 6.04 Å².